The highest BCUT2D eigenvalue weighted by Gasteiger charge is 2.57. The van der Waals surface area contributed by atoms with Gasteiger partial charge in [-0.25, -0.2) is 0 Å². The predicted molar refractivity (Wildman–Crippen MR) is 94.5 cm³/mol. The van der Waals surface area contributed by atoms with E-state index >= 15 is 0 Å². The van der Waals surface area contributed by atoms with Gasteiger partial charge in [0.25, 0.3) is 0 Å². The number of hydrogen-bond donors (Lipinski definition) is 0. The molecule has 4 aliphatic rings. The molecule has 0 N–H and O–H groups in total. The third-order valence-corrected chi connectivity index (χ3v) is 7.27. The second-order valence-corrected chi connectivity index (χ2v) is 9.68. The van der Waals surface area contributed by atoms with Crippen molar-refractivity contribution >= 4 is 5.97 Å². The monoisotopic (exact) mass is 348 g/mol. The lowest BCUT2D eigenvalue weighted by Crippen LogP contribution is -2.44. The predicted octanol–water partition coefficient (Wildman–Crippen LogP) is 4.44. The first kappa shape index (κ1) is 17.5. The Kier molecular flexibility index (Phi) is 4.08. The molecule has 0 amide bonds. The molecule has 0 aromatic rings. The number of ether oxygens (including phenoxy) is 3. The highest BCUT2D eigenvalue weighted by molar-refractivity contribution is 5.77. The minimum Gasteiger partial charge on any atom is -0.435 e. The first-order chi connectivity index (χ1) is 11.8. The Morgan fingerprint density at radius 2 is 1.96 bits per heavy atom. The average Bonchev–Trinajstić information content (AvgIpc) is 2.89. The van der Waals surface area contributed by atoms with Gasteiger partial charge in [-0.15, -0.1) is 0 Å². The van der Waals surface area contributed by atoms with Gasteiger partial charge in [0, 0.05) is 13.0 Å². The fourth-order valence-electron chi connectivity index (χ4n) is 6.36. The van der Waals surface area contributed by atoms with E-state index in [1.807, 2.05) is 6.92 Å². The van der Waals surface area contributed by atoms with Gasteiger partial charge in [-0.3, -0.25) is 4.79 Å². The van der Waals surface area contributed by atoms with Crippen LogP contribution in [0.15, 0.2) is 11.1 Å². The topological polar surface area (TPSA) is 44.8 Å². The lowest BCUT2D eigenvalue weighted by atomic mass is 9.56. The quantitative estimate of drug-likeness (QED) is 0.547. The summed E-state index contributed by atoms with van der Waals surface area (Å²) in [4.78, 5) is 12.5. The zero-order valence-corrected chi connectivity index (χ0v) is 16.3. The van der Waals surface area contributed by atoms with Crippen molar-refractivity contribution in [2.75, 3.05) is 7.11 Å². The number of hydrogen-bond acceptors (Lipinski definition) is 4. The largest absolute Gasteiger partial charge is 0.435 e. The molecule has 6 atom stereocenters. The van der Waals surface area contributed by atoms with Crippen LogP contribution in [-0.2, 0) is 19.0 Å². The Balaban J connectivity index is 1.79. The van der Waals surface area contributed by atoms with Crippen LogP contribution in [0.4, 0.5) is 0 Å². The van der Waals surface area contributed by atoms with Crippen LogP contribution >= 0.6 is 0 Å². The highest BCUT2D eigenvalue weighted by atomic mass is 16.8. The normalized spacial score (nSPS) is 46.0. The molecule has 4 nitrogen and oxygen atoms in total. The molecular weight excluding hydrogens is 316 g/mol. The summed E-state index contributed by atoms with van der Waals surface area (Å²) in [7, 11) is 1.69. The number of allylic oxidation sites excluding steroid dienone is 1. The lowest BCUT2D eigenvalue weighted by molar-refractivity contribution is -0.215. The van der Waals surface area contributed by atoms with Gasteiger partial charge in [0.2, 0.25) is 6.29 Å². The van der Waals surface area contributed by atoms with Crippen LogP contribution in [0.1, 0.15) is 66.2 Å². The fraction of sp³-hybridized carbons (Fsp3) is 0.857. The maximum absolute atomic E-state index is 12.5. The summed E-state index contributed by atoms with van der Waals surface area (Å²) in [6.07, 6.45) is 6.44. The highest BCUT2D eigenvalue weighted by Crippen LogP contribution is 2.59. The Morgan fingerprint density at radius 3 is 2.64 bits per heavy atom. The molecule has 0 aromatic carbocycles. The standard InChI is InChI=1S/C21H32O4/c1-12-15-14(21(4)10-6-9-20(2,3)11-21)8-7-13-16(15)19(24-17(12)22)25-18(13)23-5/h12-13,16,18-19H,6-11H2,1-5H3. The Labute approximate surface area is 151 Å². The van der Waals surface area contributed by atoms with E-state index < -0.39 is 6.29 Å². The third kappa shape index (κ3) is 2.68. The van der Waals surface area contributed by atoms with E-state index in [0.29, 0.717) is 11.3 Å². The second-order valence-electron chi connectivity index (χ2n) is 9.68. The van der Waals surface area contributed by atoms with Gasteiger partial charge in [-0.05, 0) is 55.4 Å². The Morgan fingerprint density at radius 1 is 1.20 bits per heavy atom. The maximum atomic E-state index is 12.5. The summed E-state index contributed by atoms with van der Waals surface area (Å²) in [5.74, 6) is 0.206. The number of esters is 1. The zero-order chi connectivity index (χ0) is 18.0. The molecule has 0 aromatic heterocycles. The van der Waals surface area contributed by atoms with E-state index in [1.165, 1.54) is 36.8 Å². The molecule has 2 saturated heterocycles. The van der Waals surface area contributed by atoms with Crippen molar-refractivity contribution in [2.24, 2.45) is 28.6 Å². The number of carbonyl (C=O) groups excluding carboxylic acids is 1. The van der Waals surface area contributed by atoms with Crippen LogP contribution in [0.25, 0.3) is 0 Å². The Hall–Kier alpha value is -0.870. The second kappa shape index (κ2) is 5.82. The van der Waals surface area contributed by atoms with E-state index in [-0.39, 0.29) is 29.5 Å². The molecule has 0 spiro atoms. The molecule has 2 aliphatic heterocycles. The summed E-state index contributed by atoms with van der Waals surface area (Å²) < 4.78 is 17.1. The van der Waals surface area contributed by atoms with Crippen LogP contribution in [0.2, 0.25) is 0 Å². The molecule has 140 valence electrons. The number of methoxy groups -OCH3 is 1. The summed E-state index contributed by atoms with van der Waals surface area (Å²) in [6.45, 7) is 9.24. The first-order valence-electron chi connectivity index (χ1n) is 9.88. The van der Waals surface area contributed by atoms with Crippen LogP contribution in [0.5, 0.6) is 0 Å². The van der Waals surface area contributed by atoms with Gasteiger partial charge in [0.15, 0.2) is 6.29 Å². The van der Waals surface area contributed by atoms with Gasteiger partial charge < -0.3 is 14.2 Å². The summed E-state index contributed by atoms with van der Waals surface area (Å²) in [5, 5.41) is 0. The molecule has 3 fully saturated rings. The number of rotatable bonds is 2. The zero-order valence-electron chi connectivity index (χ0n) is 16.3. The van der Waals surface area contributed by atoms with Gasteiger partial charge in [-0.1, -0.05) is 32.8 Å². The molecule has 4 rings (SSSR count). The van der Waals surface area contributed by atoms with E-state index in [9.17, 15) is 4.79 Å². The van der Waals surface area contributed by atoms with Gasteiger partial charge in [0.05, 0.1) is 11.8 Å². The minimum absolute atomic E-state index is 0.134. The first-order valence-corrected chi connectivity index (χ1v) is 9.88. The fourth-order valence-corrected chi connectivity index (χ4v) is 6.36. The molecular formula is C21H32O4. The van der Waals surface area contributed by atoms with Crippen molar-refractivity contribution in [3.63, 3.8) is 0 Å². The molecule has 0 radical (unpaired) electrons. The van der Waals surface area contributed by atoms with Crippen molar-refractivity contribution in [1.82, 2.24) is 0 Å². The molecule has 4 heteroatoms. The van der Waals surface area contributed by atoms with Crippen molar-refractivity contribution < 1.29 is 19.0 Å². The number of carbonyl (C=O) groups is 1. The van der Waals surface area contributed by atoms with E-state index in [2.05, 4.69) is 20.8 Å². The maximum Gasteiger partial charge on any atom is 0.315 e. The van der Waals surface area contributed by atoms with Crippen LogP contribution in [0, 0.1) is 28.6 Å². The van der Waals surface area contributed by atoms with Crippen LogP contribution in [-0.4, -0.2) is 25.7 Å². The van der Waals surface area contributed by atoms with E-state index in [4.69, 9.17) is 14.2 Å². The smallest absolute Gasteiger partial charge is 0.315 e. The average molecular weight is 348 g/mol. The van der Waals surface area contributed by atoms with Crippen LogP contribution < -0.4 is 0 Å². The summed E-state index contributed by atoms with van der Waals surface area (Å²) >= 11 is 0. The molecule has 2 heterocycles. The van der Waals surface area contributed by atoms with Crippen LogP contribution in [0.3, 0.4) is 0 Å². The van der Waals surface area contributed by atoms with Gasteiger partial charge in [0.1, 0.15) is 0 Å². The SMILES string of the molecule is COC1OC2OC(=O)C(C)C3=C(C4(C)CCCC(C)(C)C4)CCC1C32. The van der Waals surface area contributed by atoms with Crippen molar-refractivity contribution in [3.8, 4) is 0 Å². The molecule has 0 bridgehead atoms. The molecule has 25 heavy (non-hydrogen) atoms. The van der Waals surface area contributed by atoms with Crippen molar-refractivity contribution in [3.05, 3.63) is 11.1 Å². The minimum atomic E-state index is -0.454. The molecule has 2 aliphatic carbocycles. The Bertz CT molecular complexity index is 607. The third-order valence-electron chi connectivity index (χ3n) is 7.27. The lowest BCUT2D eigenvalue weighted by Gasteiger charge is -2.49. The van der Waals surface area contributed by atoms with Gasteiger partial charge >= 0.3 is 5.97 Å². The molecule has 1 saturated carbocycles. The van der Waals surface area contributed by atoms with Crippen molar-refractivity contribution in [1.29, 1.82) is 0 Å². The summed E-state index contributed by atoms with van der Waals surface area (Å²) in [5.41, 5.74) is 3.44. The van der Waals surface area contributed by atoms with E-state index in [0.717, 1.165) is 12.8 Å². The molecule has 6 unspecified atom stereocenters. The van der Waals surface area contributed by atoms with Crippen molar-refractivity contribution in [2.45, 2.75) is 78.8 Å². The van der Waals surface area contributed by atoms with E-state index in [1.54, 1.807) is 7.11 Å². The van der Waals surface area contributed by atoms with Gasteiger partial charge in [-0.2, -0.15) is 0 Å². The summed E-state index contributed by atoms with van der Waals surface area (Å²) in [6, 6.07) is 0.